The van der Waals surface area contributed by atoms with Crippen LogP contribution < -0.4 is 10.6 Å². The van der Waals surface area contributed by atoms with Gasteiger partial charge in [0, 0.05) is 24.6 Å². The summed E-state index contributed by atoms with van der Waals surface area (Å²) >= 11 is 0. The van der Waals surface area contributed by atoms with Crippen LogP contribution in [0.5, 0.6) is 0 Å². The quantitative estimate of drug-likeness (QED) is 0.773. The molecular weight excluding hydrogens is 326 g/mol. The fourth-order valence-corrected chi connectivity index (χ4v) is 2.87. The lowest BCUT2D eigenvalue weighted by atomic mass is 9.97. The molecule has 1 aliphatic rings. The van der Waals surface area contributed by atoms with Crippen LogP contribution in [0.4, 0.5) is 11.6 Å². The lowest BCUT2D eigenvalue weighted by molar-refractivity contribution is 0.102. The van der Waals surface area contributed by atoms with Gasteiger partial charge in [-0.05, 0) is 50.3 Å². The molecule has 1 aliphatic carbocycles. The lowest BCUT2D eigenvalue weighted by Gasteiger charge is -2.12. The normalized spacial score (nSPS) is 13.4. The van der Waals surface area contributed by atoms with E-state index in [0.29, 0.717) is 22.8 Å². The van der Waals surface area contributed by atoms with E-state index in [0.717, 1.165) is 13.0 Å². The minimum Gasteiger partial charge on any atom is -0.354 e. The Kier molecular flexibility index (Phi) is 5.94. The van der Waals surface area contributed by atoms with Crippen molar-refractivity contribution in [2.24, 2.45) is 0 Å². The van der Waals surface area contributed by atoms with E-state index >= 15 is 0 Å². The monoisotopic (exact) mass is 347 g/mol. The van der Waals surface area contributed by atoms with E-state index in [1.54, 1.807) is 24.3 Å². The molecule has 0 aliphatic heterocycles. The molecule has 0 saturated carbocycles. The van der Waals surface area contributed by atoms with E-state index < -0.39 is 0 Å². The molecule has 1 aromatic heterocycles. The smallest absolute Gasteiger partial charge is 0.258 e. The van der Waals surface area contributed by atoms with Gasteiger partial charge in [-0.15, -0.1) is 0 Å². The predicted molar refractivity (Wildman–Crippen MR) is 101 cm³/mol. The van der Waals surface area contributed by atoms with Crippen molar-refractivity contribution in [1.82, 2.24) is 9.97 Å². The van der Waals surface area contributed by atoms with Crippen LogP contribution in [0, 0.1) is 11.3 Å². The number of amides is 1. The van der Waals surface area contributed by atoms with Crippen molar-refractivity contribution in [2.45, 2.75) is 32.1 Å². The zero-order valence-corrected chi connectivity index (χ0v) is 14.5. The van der Waals surface area contributed by atoms with Gasteiger partial charge >= 0.3 is 0 Å². The molecule has 3 rings (SSSR count). The Morgan fingerprint density at radius 2 is 2.08 bits per heavy atom. The highest BCUT2D eigenvalue weighted by atomic mass is 16.1. The average molecular weight is 347 g/mol. The molecule has 0 fully saturated rings. The van der Waals surface area contributed by atoms with Gasteiger partial charge in [0.2, 0.25) is 5.95 Å². The van der Waals surface area contributed by atoms with Gasteiger partial charge in [0.05, 0.1) is 17.2 Å². The van der Waals surface area contributed by atoms with Crippen LogP contribution in [0.1, 0.15) is 48.0 Å². The Bertz CT molecular complexity index is 836. The Balaban J connectivity index is 1.52. The number of hydrogen-bond acceptors (Lipinski definition) is 5. The molecule has 1 aromatic carbocycles. The van der Waals surface area contributed by atoms with Gasteiger partial charge in [0.15, 0.2) is 0 Å². The standard InChI is InChI=1S/C20H21N5O/c21-12-16-7-4-8-18(11-16)25-19(26)17-13-23-20(24-14-17)22-10-9-15-5-2-1-3-6-15/h4-5,7-8,11,13-14H,1-3,6,9-10H2,(H,25,26)(H,22,23,24). The minimum atomic E-state index is -0.306. The lowest BCUT2D eigenvalue weighted by Crippen LogP contribution is -2.14. The molecule has 0 atom stereocenters. The van der Waals surface area contributed by atoms with Crippen molar-refractivity contribution in [1.29, 1.82) is 5.26 Å². The van der Waals surface area contributed by atoms with Crippen molar-refractivity contribution in [3.05, 3.63) is 59.4 Å². The van der Waals surface area contributed by atoms with Crippen molar-refractivity contribution in [3.63, 3.8) is 0 Å². The number of nitrogens with one attached hydrogen (secondary N) is 2. The van der Waals surface area contributed by atoms with Gasteiger partial charge in [0.25, 0.3) is 5.91 Å². The predicted octanol–water partition coefficient (Wildman–Crippen LogP) is 3.90. The highest BCUT2D eigenvalue weighted by Gasteiger charge is 2.09. The van der Waals surface area contributed by atoms with E-state index in [4.69, 9.17) is 5.26 Å². The average Bonchev–Trinajstić information content (AvgIpc) is 2.69. The number of allylic oxidation sites excluding steroid dienone is 1. The van der Waals surface area contributed by atoms with Crippen LogP contribution in [0.25, 0.3) is 0 Å². The van der Waals surface area contributed by atoms with Crippen molar-refractivity contribution >= 4 is 17.5 Å². The zero-order chi connectivity index (χ0) is 18.2. The van der Waals surface area contributed by atoms with E-state index in [9.17, 15) is 4.79 Å². The third-order valence-electron chi connectivity index (χ3n) is 4.28. The Morgan fingerprint density at radius 1 is 1.23 bits per heavy atom. The van der Waals surface area contributed by atoms with Gasteiger partial charge in [-0.3, -0.25) is 4.79 Å². The highest BCUT2D eigenvalue weighted by molar-refractivity contribution is 6.03. The Labute approximate surface area is 153 Å². The Morgan fingerprint density at radius 3 is 2.81 bits per heavy atom. The van der Waals surface area contributed by atoms with Gasteiger partial charge in [-0.25, -0.2) is 9.97 Å². The number of hydrogen-bond donors (Lipinski definition) is 2. The van der Waals surface area contributed by atoms with E-state index in [2.05, 4.69) is 26.7 Å². The zero-order valence-electron chi connectivity index (χ0n) is 14.5. The summed E-state index contributed by atoms with van der Waals surface area (Å²) in [5, 5.41) is 14.8. The van der Waals surface area contributed by atoms with Gasteiger partial charge in [-0.1, -0.05) is 17.7 Å². The van der Waals surface area contributed by atoms with Crippen LogP contribution >= 0.6 is 0 Å². The summed E-state index contributed by atoms with van der Waals surface area (Å²) in [7, 11) is 0. The summed E-state index contributed by atoms with van der Waals surface area (Å²) in [5.74, 6) is 0.212. The maximum absolute atomic E-state index is 12.2. The number of carbonyl (C=O) groups is 1. The van der Waals surface area contributed by atoms with Crippen molar-refractivity contribution in [2.75, 3.05) is 17.2 Å². The summed E-state index contributed by atoms with van der Waals surface area (Å²) in [5.41, 5.74) is 2.93. The number of nitriles is 1. The maximum Gasteiger partial charge on any atom is 0.258 e. The molecule has 0 radical (unpaired) electrons. The van der Waals surface area contributed by atoms with Gasteiger partial charge in [-0.2, -0.15) is 5.26 Å². The SMILES string of the molecule is N#Cc1cccc(NC(=O)c2cnc(NCCC3=CCCCC3)nc2)c1. The second-order valence-corrected chi connectivity index (χ2v) is 6.23. The number of nitrogens with zero attached hydrogens (tertiary/aromatic N) is 3. The summed E-state index contributed by atoms with van der Waals surface area (Å²) in [6.45, 7) is 0.790. The molecule has 1 amide bonds. The minimum absolute atomic E-state index is 0.306. The third-order valence-corrected chi connectivity index (χ3v) is 4.28. The molecule has 26 heavy (non-hydrogen) atoms. The molecule has 0 saturated heterocycles. The van der Waals surface area contributed by atoms with Crippen molar-refractivity contribution < 1.29 is 4.79 Å². The first kappa shape index (κ1) is 17.6. The van der Waals surface area contributed by atoms with Gasteiger partial charge < -0.3 is 10.6 Å². The number of benzene rings is 1. The molecule has 2 aromatic rings. The molecule has 2 N–H and O–H groups in total. The second kappa shape index (κ2) is 8.77. The summed E-state index contributed by atoms with van der Waals surface area (Å²) in [6, 6.07) is 8.80. The largest absolute Gasteiger partial charge is 0.354 e. The molecule has 132 valence electrons. The number of rotatable bonds is 6. The first-order chi connectivity index (χ1) is 12.7. The third kappa shape index (κ3) is 4.90. The fourth-order valence-electron chi connectivity index (χ4n) is 2.87. The summed E-state index contributed by atoms with van der Waals surface area (Å²) in [6.07, 6.45) is 11.3. The van der Waals surface area contributed by atoms with Gasteiger partial charge in [0.1, 0.15) is 0 Å². The highest BCUT2D eigenvalue weighted by Crippen LogP contribution is 2.19. The molecular formula is C20H21N5O. The number of anilines is 2. The fraction of sp³-hybridized carbons (Fsp3) is 0.300. The van der Waals surface area contributed by atoms with E-state index in [1.165, 1.54) is 43.7 Å². The topological polar surface area (TPSA) is 90.7 Å². The van der Waals surface area contributed by atoms with Crippen LogP contribution in [-0.4, -0.2) is 22.4 Å². The Hall–Kier alpha value is -3.20. The van der Waals surface area contributed by atoms with Crippen molar-refractivity contribution in [3.8, 4) is 6.07 Å². The maximum atomic E-state index is 12.2. The van der Waals surface area contributed by atoms with Crippen LogP contribution in [0.2, 0.25) is 0 Å². The number of carbonyl (C=O) groups excluding carboxylic acids is 1. The molecule has 0 unspecified atom stereocenters. The van der Waals surface area contributed by atoms with E-state index in [-0.39, 0.29) is 5.91 Å². The first-order valence-electron chi connectivity index (χ1n) is 8.80. The van der Waals surface area contributed by atoms with Crippen LogP contribution in [-0.2, 0) is 0 Å². The summed E-state index contributed by atoms with van der Waals surface area (Å²) < 4.78 is 0. The molecule has 6 nitrogen and oxygen atoms in total. The van der Waals surface area contributed by atoms with Crippen LogP contribution in [0.15, 0.2) is 48.3 Å². The summed E-state index contributed by atoms with van der Waals surface area (Å²) in [4.78, 5) is 20.6. The molecule has 1 heterocycles. The van der Waals surface area contributed by atoms with E-state index in [1.807, 2.05) is 6.07 Å². The molecule has 6 heteroatoms. The second-order valence-electron chi connectivity index (χ2n) is 6.23. The first-order valence-corrected chi connectivity index (χ1v) is 8.80. The molecule has 0 bridgehead atoms. The molecule has 0 spiro atoms. The van der Waals surface area contributed by atoms with Crippen LogP contribution in [0.3, 0.4) is 0 Å². The number of aromatic nitrogens is 2.